The summed E-state index contributed by atoms with van der Waals surface area (Å²) in [6.07, 6.45) is 1.26. The Morgan fingerprint density at radius 1 is 1.15 bits per heavy atom. The van der Waals surface area contributed by atoms with Crippen LogP contribution < -0.4 is 5.32 Å². The fourth-order valence-corrected chi connectivity index (χ4v) is 7.90. The average molecular weight is 451 g/mol. The number of sulfone groups is 3. The number of benzene rings is 1. The number of anilines is 1. The predicted octanol–water partition coefficient (Wildman–Crippen LogP) is 1.29. The maximum absolute atomic E-state index is 13.0. The minimum Gasteiger partial charge on any atom is -0.371 e. The van der Waals surface area contributed by atoms with Crippen molar-refractivity contribution in [1.29, 1.82) is 0 Å². The van der Waals surface area contributed by atoms with E-state index in [1.165, 1.54) is 12.1 Å². The van der Waals surface area contributed by atoms with E-state index in [4.69, 9.17) is 0 Å². The molecule has 27 heavy (non-hydrogen) atoms. The zero-order valence-electron chi connectivity index (χ0n) is 14.5. The maximum atomic E-state index is 13.0. The molecule has 1 aliphatic rings. The minimum absolute atomic E-state index is 0.00243. The second-order valence-electron chi connectivity index (χ2n) is 6.45. The highest BCUT2D eigenvalue weighted by atomic mass is 32.2. The molecule has 1 fully saturated rings. The molecule has 0 aliphatic carbocycles. The number of nitrogens with one attached hydrogen (secondary N) is 1. The number of nitrogens with zero attached hydrogens (tertiary/aromatic N) is 1. The van der Waals surface area contributed by atoms with Gasteiger partial charge in [0.2, 0.25) is 24.0 Å². The number of aryl methyl sites for hydroxylation is 1. The fraction of sp³-hybridized carbons (Fsp3) is 0.400. The Morgan fingerprint density at radius 2 is 1.78 bits per heavy atom. The van der Waals surface area contributed by atoms with E-state index in [2.05, 4.69) is 10.3 Å². The van der Waals surface area contributed by atoms with Gasteiger partial charge in [0.15, 0.2) is 14.9 Å². The zero-order chi connectivity index (χ0) is 20.0. The van der Waals surface area contributed by atoms with Gasteiger partial charge in [0.05, 0.1) is 16.4 Å². The van der Waals surface area contributed by atoms with Crippen molar-refractivity contribution in [2.75, 3.05) is 23.1 Å². The largest absolute Gasteiger partial charge is 0.371 e. The lowest BCUT2D eigenvalue weighted by Gasteiger charge is -2.12. The molecule has 1 aromatic carbocycles. The van der Waals surface area contributed by atoms with Crippen molar-refractivity contribution < 1.29 is 25.3 Å². The van der Waals surface area contributed by atoms with E-state index in [0.29, 0.717) is 17.8 Å². The average Bonchev–Trinajstić information content (AvgIpc) is 3.11. The lowest BCUT2D eigenvalue weighted by atomic mass is 10.2. The Hall–Kier alpha value is -1.50. The fourth-order valence-electron chi connectivity index (χ4n) is 2.64. The van der Waals surface area contributed by atoms with E-state index in [9.17, 15) is 25.3 Å². The maximum Gasteiger partial charge on any atom is 0.226 e. The third kappa shape index (κ3) is 4.33. The summed E-state index contributed by atoms with van der Waals surface area (Å²) in [6, 6.07) is 5.62. The topological polar surface area (TPSA) is 127 Å². The van der Waals surface area contributed by atoms with Gasteiger partial charge in [-0.2, -0.15) is 0 Å². The standard InChI is InChI=1S/C15H18N2O6S4/c1-10-3-5-12(6-4-10)27(22,23)14-13(24-15(17-14)25(2,18)19)16-11-7-8-26(20,21)9-11/h3-6,11,16H,7-9H2,1-2H3/t11-/m0/s1. The summed E-state index contributed by atoms with van der Waals surface area (Å²) in [7, 11) is -11.0. The number of hydrogen-bond donors (Lipinski definition) is 1. The van der Waals surface area contributed by atoms with Crippen molar-refractivity contribution in [3.63, 3.8) is 0 Å². The number of hydrogen-bond acceptors (Lipinski definition) is 9. The molecular weight excluding hydrogens is 432 g/mol. The van der Waals surface area contributed by atoms with Crippen LogP contribution in [0.2, 0.25) is 0 Å². The summed E-state index contributed by atoms with van der Waals surface area (Å²) in [6.45, 7) is 1.81. The number of aromatic nitrogens is 1. The molecule has 8 nitrogen and oxygen atoms in total. The molecule has 2 heterocycles. The van der Waals surface area contributed by atoms with Crippen LogP contribution in [-0.2, 0) is 29.5 Å². The monoisotopic (exact) mass is 450 g/mol. The summed E-state index contributed by atoms with van der Waals surface area (Å²) in [5.41, 5.74) is 0.874. The second-order valence-corrected chi connectivity index (χ2v) is 13.7. The molecule has 0 unspecified atom stereocenters. The highest BCUT2D eigenvalue weighted by molar-refractivity contribution is 7.93. The first kappa shape index (κ1) is 20.2. The third-order valence-electron chi connectivity index (χ3n) is 4.05. The van der Waals surface area contributed by atoms with Crippen LogP contribution in [0.25, 0.3) is 0 Å². The molecule has 0 radical (unpaired) electrons. The highest BCUT2D eigenvalue weighted by Gasteiger charge is 2.33. The van der Waals surface area contributed by atoms with E-state index in [1.807, 2.05) is 6.92 Å². The van der Waals surface area contributed by atoms with Crippen molar-refractivity contribution in [2.24, 2.45) is 0 Å². The van der Waals surface area contributed by atoms with E-state index >= 15 is 0 Å². The van der Waals surface area contributed by atoms with Gasteiger partial charge in [-0.05, 0) is 25.5 Å². The van der Waals surface area contributed by atoms with Crippen molar-refractivity contribution in [3.05, 3.63) is 29.8 Å². The molecule has 0 saturated carbocycles. The SMILES string of the molecule is Cc1ccc(S(=O)(=O)c2nc(S(C)(=O)=O)sc2N[C@H]2CCS(=O)(=O)C2)cc1. The summed E-state index contributed by atoms with van der Waals surface area (Å²) in [5.74, 6) is -0.133. The summed E-state index contributed by atoms with van der Waals surface area (Å²) >= 11 is 0.694. The Labute approximate surface area is 162 Å². The van der Waals surface area contributed by atoms with Gasteiger partial charge < -0.3 is 5.32 Å². The van der Waals surface area contributed by atoms with Crippen molar-refractivity contribution >= 4 is 45.8 Å². The quantitative estimate of drug-likeness (QED) is 0.722. The summed E-state index contributed by atoms with van der Waals surface area (Å²) in [4.78, 5) is 3.85. The van der Waals surface area contributed by atoms with E-state index in [1.54, 1.807) is 12.1 Å². The first-order valence-corrected chi connectivity index (χ1v) is 13.9. The summed E-state index contributed by atoms with van der Waals surface area (Å²) in [5, 5.41) is 2.52. The predicted molar refractivity (Wildman–Crippen MR) is 103 cm³/mol. The van der Waals surface area contributed by atoms with Gasteiger partial charge in [-0.3, -0.25) is 0 Å². The number of thiazole rings is 1. The Balaban J connectivity index is 2.08. The van der Waals surface area contributed by atoms with Crippen LogP contribution in [0.5, 0.6) is 0 Å². The van der Waals surface area contributed by atoms with Crippen molar-refractivity contribution in [1.82, 2.24) is 4.98 Å². The van der Waals surface area contributed by atoms with Crippen LogP contribution in [0, 0.1) is 6.92 Å². The first-order valence-electron chi connectivity index (χ1n) is 7.88. The van der Waals surface area contributed by atoms with Crippen LogP contribution in [0.15, 0.2) is 38.5 Å². The lowest BCUT2D eigenvalue weighted by molar-refractivity contribution is 0.590. The Kier molecular flexibility index (Phi) is 5.12. The minimum atomic E-state index is -4.07. The molecule has 1 saturated heterocycles. The van der Waals surface area contributed by atoms with Crippen LogP contribution in [-0.4, -0.2) is 54.0 Å². The normalized spacial score (nSPS) is 19.9. The molecular formula is C15H18N2O6S4. The van der Waals surface area contributed by atoms with Crippen LogP contribution in [0.4, 0.5) is 5.00 Å². The molecule has 0 amide bonds. The Bertz CT molecular complexity index is 1180. The van der Waals surface area contributed by atoms with Gasteiger partial charge >= 0.3 is 0 Å². The molecule has 12 heteroatoms. The van der Waals surface area contributed by atoms with Crippen molar-refractivity contribution in [3.8, 4) is 0 Å². The van der Waals surface area contributed by atoms with Crippen LogP contribution in [0.1, 0.15) is 12.0 Å². The van der Waals surface area contributed by atoms with Crippen LogP contribution >= 0.6 is 11.3 Å². The molecule has 148 valence electrons. The van der Waals surface area contributed by atoms with Gasteiger partial charge in [0.1, 0.15) is 5.00 Å². The molecule has 0 spiro atoms. The highest BCUT2D eigenvalue weighted by Crippen LogP contribution is 2.36. The zero-order valence-corrected chi connectivity index (χ0v) is 17.8. The third-order valence-corrected chi connectivity index (χ3v) is 10.3. The van der Waals surface area contributed by atoms with Gasteiger partial charge in [-0.25, -0.2) is 30.2 Å². The van der Waals surface area contributed by atoms with Gasteiger partial charge in [0, 0.05) is 12.3 Å². The van der Waals surface area contributed by atoms with Gasteiger partial charge in [0.25, 0.3) is 0 Å². The molecule has 1 atom stereocenters. The number of rotatable bonds is 5. The Morgan fingerprint density at radius 3 is 2.30 bits per heavy atom. The molecule has 0 bridgehead atoms. The van der Waals surface area contributed by atoms with E-state index < -0.39 is 40.6 Å². The van der Waals surface area contributed by atoms with Gasteiger partial charge in [-0.15, -0.1) is 0 Å². The summed E-state index contributed by atoms with van der Waals surface area (Å²) < 4.78 is 72.7. The van der Waals surface area contributed by atoms with E-state index in [0.717, 1.165) is 11.8 Å². The van der Waals surface area contributed by atoms with Crippen LogP contribution in [0.3, 0.4) is 0 Å². The van der Waals surface area contributed by atoms with Crippen molar-refractivity contribution in [2.45, 2.75) is 33.6 Å². The lowest BCUT2D eigenvalue weighted by Crippen LogP contribution is -2.21. The second kappa shape index (κ2) is 6.83. The molecule has 1 N–H and O–H groups in total. The van der Waals surface area contributed by atoms with E-state index in [-0.39, 0.29) is 25.7 Å². The smallest absolute Gasteiger partial charge is 0.226 e. The molecule has 2 aromatic rings. The molecule has 1 aliphatic heterocycles. The first-order chi connectivity index (χ1) is 12.4. The molecule has 1 aromatic heterocycles. The molecule has 3 rings (SSSR count). The van der Waals surface area contributed by atoms with Gasteiger partial charge in [-0.1, -0.05) is 29.0 Å².